The maximum absolute atomic E-state index is 12.3. The SMILES string of the molecule is Nc1ccc(C(=O)O)cc1C(O)C(O)CCNC(=O)OCC1c2ccccc2-c2ccccc21. The molecule has 3 aromatic carbocycles. The average Bonchev–Trinajstić information content (AvgIpc) is 3.16. The molecule has 3 aromatic rings. The number of ether oxygens (including phenoxy) is 1. The number of carboxylic acid groups (broad SMARTS) is 1. The summed E-state index contributed by atoms with van der Waals surface area (Å²) in [6.45, 7) is 0.219. The van der Waals surface area contributed by atoms with Crippen molar-refractivity contribution in [2.75, 3.05) is 18.9 Å². The Hall–Kier alpha value is -3.88. The van der Waals surface area contributed by atoms with Crippen molar-refractivity contribution in [2.24, 2.45) is 0 Å². The second-order valence-electron chi connectivity index (χ2n) is 8.20. The summed E-state index contributed by atoms with van der Waals surface area (Å²) in [5.41, 5.74) is 10.5. The summed E-state index contributed by atoms with van der Waals surface area (Å²) < 4.78 is 5.45. The van der Waals surface area contributed by atoms with Crippen molar-refractivity contribution in [3.8, 4) is 11.1 Å². The van der Waals surface area contributed by atoms with E-state index in [0.29, 0.717) is 0 Å². The summed E-state index contributed by atoms with van der Waals surface area (Å²) in [4.78, 5) is 23.4. The van der Waals surface area contributed by atoms with E-state index in [-0.39, 0.29) is 42.3 Å². The van der Waals surface area contributed by atoms with E-state index in [2.05, 4.69) is 17.4 Å². The van der Waals surface area contributed by atoms with Crippen LogP contribution in [-0.4, -0.2) is 46.6 Å². The number of amides is 1. The number of aliphatic hydroxyl groups is 2. The van der Waals surface area contributed by atoms with E-state index in [9.17, 15) is 19.8 Å². The number of alkyl carbamates (subject to hydrolysis) is 1. The lowest BCUT2D eigenvalue weighted by Crippen LogP contribution is -2.31. The Morgan fingerprint density at radius 1 is 0.971 bits per heavy atom. The lowest BCUT2D eigenvalue weighted by Gasteiger charge is -2.20. The highest BCUT2D eigenvalue weighted by Crippen LogP contribution is 2.44. The van der Waals surface area contributed by atoms with Gasteiger partial charge in [-0.05, 0) is 46.9 Å². The van der Waals surface area contributed by atoms with Crippen molar-refractivity contribution in [1.29, 1.82) is 0 Å². The molecule has 0 fully saturated rings. The fraction of sp³-hybridized carbons (Fsp3) is 0.231. The van der Waals surface area contributed by atoms with Crippen LogP contribution in [0.1, 0.15) is 45.5 Å². The number of anilines is 1. The number of nitrogen functional groups attached to an aromatic ring is 1. The van der Waals surface area contributed by atoms with Gasteiger partial charge in [0.25, 0.3) is 0 Å². The maximum Gasteiger partial charge on any atom is 0.407 e. The molecule has 2 atom stereocenters. The van der Waals surface area contributed by atoms with Crippen LogP contribution in [0.25, 0.3) is 11.1 Å². The van der Waals surface area contributed by atoms with Gasteiger partial charge in [-0.3, -0.25) is 0 Å². The van der Waals surface area contributed by atoms with Crippen molar-refractivity contribution in [1.82, 2.24) is 5.32 Å². The van der Waals surface area contributed by atoms with E-state index >= 15 is 0 Å². The van der Waals surface area contributed by atoms with Crippen LogP contribution in [0.15, 0.2) is 66.7 Å². The summed E-state index contributed by atoms with van der Waals surface area (Å²) >= 11 is 0. The van der Waals surface area contributed by atoms with Gasteiger partial charge in [-0.2, -0.15) is 0 Å². The molecule has 0 aromatic heterocycles. The summed E-state index contributed by atoms with van der Waals surface area (Å²) in [7, 11) is 0. The largest absolute Gasteiger partial charge is 0.478 e. The highest BCUT2D eigenvalue weighted by molar-refractivity contribution is 5.88. The third kappa shape index (κ3) is 4.73. The summed E-state index contributed by atoms with van der Waals surface area (Å²) in [6.07, 6.45) is -3.28. The van der Waals surface area contributed by atoms with Gasteiger partial charge in [-0.1, -0.05) is 48.5 Å². The van der Waals surface area contributed by atoms with Crippen LogP contribution in [-0.2, 0) is 4.74 Å². The fourth-order valence-electron chi connectivity index (χ4n) is 4.30. The number of nitrogens with two attached hydrogens (primary N) is 1. The standard InChI is InChI=1S/C26H26N2O6/c27-22-10-9-15(25(31)32)13-20(22)24(30)23(29)11-12-28-26(33)34-14-21-18-7-3-1-5-16(18)17-6-2-4-8-19(17)21/h1-10,13,21,23-24,29-30H,11-12,14,27H2,(H,28,33)(H,31,32). The predicted octanol–water partition coefficient (Wildman–Crippen LogP) is 3.29. The van der Waals surface area contributed by atoms with Gasteiger partial charge in [0.2, 0.25) is 0 Å². The number of benzene rings is 3. The van der Waals surface area contributed by atoms with Gasteiger partial charge >= 0.3 is 12.1 Å². The molecule has 34 heavy (non-hydrogen) atoms. The van der Waals surface area contributed by atoms with E-state index < -0.39 is 24.3 Å². The topological polar surface area (TPSA) is 142 Å². The molecule has 0 spiro atoms. The maximum atomic E-state index is 12.3. The van der Waals surface area contributed by atoms with Crippen LogP contribution in [0, 0.1) is 0 Å². The van der Waals surface area contributed by atoms with Crippen molar-refractivity contribution in [3.63, 3.8) is 0 Å². The van der Waals surface area contributed by atoms with Crippen LogP contribution in [0.5, 0.6) is 0 Å². The minimum atomic E-state index is -1.40. The smallest absolute Gasteiger partial charge is 0.407 e. The van der Waals surface area contributed by atoms with E-state index in [1.807, 2.05) is 36.4 Å². The normalized spacial score (nSPS) is 14.1. The van der Waals surface area contributed by atoms with E-state index in [0.717, 1.165) is 22.3 Å². The highest BCUT2D eigenvalue weighted by Gasteiger charge is 2.29. The monoisotopic (exact) mass is 462 g/mol. The number of nitrogens with one attached hydrogen (secondary N) is 1. The second-order valence-corrected chi connectivity index (χ2v) is 8.20. The molecule has 1 aliphatic carbocycles. The Balaban J connectivity index is 1.30. The van der Waals surface area contributed by atoms with E-state index in [1.165, 1.54) is 18.2 Å². The highest BCUT2D eigenvalue weighted by atomic mass is 16.5. The Morgan fingerprint density at radius 2 is 1.59 bits per heavy atom. The van der Waals surface area contributed by atoms with Crippen LogP contribution in [0.3, 0.4) is 0 Å². The zero-order chi connectivity index (χ0) is 24.2. The van der Waals surface area contributed by atoms with Crippen molar-refractivity contribution in [2.45, 2.75) is 24.5 Å². The minimum absolute atomic E-state index is 0.0160. The predicted molar refractivity (Wildman–Crippen MR) is 126 cm³/mol. The quantitative estimate of drug-likeness (QED) is 0.323. The molecule has 6 N–H and O–H groups in total. The zero-order valence-corrected chi connectivity index (χ0v) is 18.3. The lowest BCUT2D eigenvalue weighted by atomic mass is 9.98. The van der Waals surface area contributed by atoms with Crippen molar-refractivity contribution < 1.29 is 29.6 Å². The van der Waals surface area contributed by atoms with Crippen molar-refractivity contribution >= 4 is 17.7 Å². The molecular formula is C26H26N2O6. The van der Waals surface area contributed by atoms with Gasteiger partial charge in [0, 0.05) is 23.7 Å². The van der Waals surface area contributed by atoms with E-state index in [1.54, 1.807) is 0 Å². The number of aromatic carboxylic acids is 1. The molecule has 1 aliphatic rings. The van der Waals surface area contributed by atoms with Crippen LogP contribution in [0.4, 0.5) is 10.5 Å². The van der Waals surface area contributed by atoms with Gasteiger partial charge in [0.15, 0.2) is 0 Å². The summed E-state index contributed by atoms with van der Waals surface area (Å²) in [6, 6.07) is 20.0. The first-order chi connectivity index (χ1) is 16.4. The number of rotatable bonds is 8. The van der Waals surface area contributed by atoms with Gasteiger partial charge in [0.1, 0.15) is 12.7 Å². The van der Waals surface area contributed by atoms with Gasteiger partial charge in [0.05, 0.1) is 11.7 Å². The van der Waals surface area contributed by atoms with Gasteiger partial charge in [-0.15, -0.1) is 0 Å². The Bertz CT molecular complexity index is 1170. The van der Waals surface area contributed by atoms with Crippen molar-refractivity contribution in [3.05, 3.63) is 89.0 Å². The molecule has 2 unspecified atom stereocenters. The van der Waals surface area contributed by atoms with Gasteiger partial charge < -0.3 is 31.1 Å². The Kier molecular flexibility index (Phi) is 6.81. The zero-order valence-electron chi connectivity index (χ0n) is 18.3. The third-order valence-corrected chi connectivity index (χ3v) is 6.07. The molecule has 4 rings (SSSR count). The average molecular weight is 463 g/mol. The molecule has 0 saturated carbocycles. The Morgan fingerprint density at radius 3 is 2.21 bits per heavy atom. The number of carboxylic acids is 1. The van der Waals surface area contributed by atoms with Crippen LogP contribution < -0.4 is 11.1 Å². The minimum Gasteiger partial charge on any atom is -0.478 e. The number of fused-ring (bicyclic) bond motifs is 3. The molecule has 0 radical (unpaired) electrons. The summed E-state index contributed by atoms with van der Waals surface area (Å²) in [5.74, 6) is -1.23. The molecule has 0 bridgehead atoms. The lowest BCUT2D eigenvalue weighted by molar-refractivity contribution is 0.0140. The van der Waals surface area contributed by atoms with E-state index in [4.69, 9.17) is 15.6 Å². The molecule has 0 heterocycles. The molecule has 8 nitrogen and oxygen atoms in total. The number of hydrogen-bond donors (Lipinski definition) is 5. The van der Waals surface area contributed by atoms with Crippen LogP contribution >= 0.6 is 0 Å². The fourth-order valence-corrected chi connectivity index (χ4v) is 4.30. The molecular weight excluding hydrogens is 436 g/mol. The second kappa shape index (κ2) is 9.94. The molecule has 1 amide bonds. The molecule has 0 saturated heterocycles. The first-order valence-electron chi connectivity index (χ1n) is 10.9. The van der Waals surface area contributed by atoms with Gasteiger partial charge in [-0.25, -0.2) is 9.59 Å². The first kappa shape index (κ1) is 23.3. The number of aliphatic hydroxyl groups excluding tert-OH is 2. The van der Waals surface area contributed by atoms with Crippen LogP contribution in [0.2, 0.25) is 0 Å². The third-order valence-electron chi connectivity index (χ3n) is 6.07. The number of hydrogen-bond acceptors (Lipinski definition) is 6. The number of carbonyl (C=O) groups excluding carboxylic acids is 1. The summed E-state index contributed by atoms with van der Waals surface area (Å²) in [5, 5.41) is 32.4. The molecule has 176 valence electrons. The Labute approximate surface area is 196 Å². The molecule has 8 heteroatoms. The first-order valence-corrected chi connectivity index (χ1v) is 10.9. The number of carbonyl (C=O) groups is 2. The molecule has 0 aliphatic heterocycles.